The summed E-state index contributed by atoms with van der Waals surface area (Å²) in [6.07, 6.45) is 0. The molecule has 0 aromatic rings. The van der Waals surface area contributed by atoms with Crippen molar-refractivity contribution in [1.82, 2.24) is 0 Å². The van der Waals surface area contributed by atoms with Gasteiger partial charge in [-0.1, -0.05) is 0 Å². The van der Waals surface area contributed by atoms with Crippen LogP contribution in [0.15, 0.2) is 0 Å². The zero-order valence-corrected chi connectivity index (χ0v) is 6.36. The predicted octanol–water partition coefficient (Wildman–Crippen LogP) is -1.28. The van der Waals surface area contributed by atoms with E-state index in [1.165, 1.54) is 0 Å². The Hall–Kier alpha value is -1.16. The Balaban J connectivity index is -0.00000000694. The molecule has 0 aromatic carbocycles. The monoisotopic (exact) mass is 204 g/mol. The van der Waals surface area contributed by atoms with Crippen LogP contribution in [0.3, 0.4) is 0 Å². The predicted molar refractivity (Wildman–Crippen MR) is 34.1 cm³/mol. The molecule has 0 N–H and O–H groups in total. The first-order chi connectivity index (χ1) is 5.00. The molecule has 0 atom stereocenters. The molecule has 0 radical (unpaired) electrons. The van der Waals surface area contributed by atoms with E-state index in [9.17, 15) is 0 Å². The van der Waals surface area contributed by atoms with Gasteiger partial charge in [-0.15, -0.1) is 0 Å². The van der Waals surface area contributed by atoms with Crippen LogP contribution in [-0.4, -0.2) is 33.9 Å². The molecule has 6 heteroatoms. The quantitative estimate of drug-likeness (QED) is 0.279. The molecule has 0 bridgehead atoms. The molecular weight excluding hydrogens is 199 g/mol. The van der Waals surface area contributed by atoms with Crippen molar-refractivity contribution in [2.24, 2.45) is 0 Å². The molecule has 0 saturated carbocycles. The van der Waals surface area contributed by atoms with Crippen LogP contribution in [0.2, 0.25) is 0 Å². The third-order valence-corrected chi connectivity index (χ3v) is 0. The van der Waals surface area contributed by atoms with Gasteiger partial charge in [0.2, 0.25) is 0 Å². The van der Waals surface area contributed by atoms with Gasteiger partial charge in [-0.25, -0.2) is 0 Å². The van der Waals surface area contributed by atoms with Gasteiger partial charge in [0.05, 0.1) is 0 Å². The summed E-state index contributed by atoms with van der Waals surface area (Å²) in [4.78, 5) is 39.0. The number of carbonyl (C=O) groups excluding carboxylic acids is 5. The molecule has 0 aliphatic rings. The summed E-state index contributed by atoms with van der Waals surface area (Å²) in [5.41, 5.74) is 0. The fourth-order valence-electron chi connectivity index (χ4n) is 0. The van der Waals surface area contributed by atoms with Crippen LogP contribution in [0.5, 0.6) is 0 Å². The number of carbonyl (C=O) groups is 1. The molecule has 11 heavy (non-hydrogen) atoms. The molecule has 0 unspecified atom stereocenters. The average molecular weight is 205 g/mol. The minimum atomic E-state index is 0. The van der Waals surface area contributed by atoms with Crippen LogP contribution in [0.4, 0.5) is 0 Å². The van der Waals surface area contributed by atoms with Crippen molar-refractivity contribution < 1.29 is 40.5 Å². The van der Waals surface area contributed by atoms with Crippen LogP contribution < -0.4 is 0 Å². The molecule has 0 aliphatic carbocycles. The minimum Gasteiger partial charge on any atom is -0.545 e. The molecule has 0 amide bonds. The van der Waals surface area contributed by atoms with E-state index < -0.39 is 0 Å². The van der Waals surface area contributed by atoms with Crippen LogP contribution in [0, 0.1) is 0 Å². The van der Waals surface area contributed by atoms with E-state index in [1.807, 2.05) is 6.79 Å². The maximum atomic E-state index is 8.00. The van der Waals surface area contributed by atoms with Gasteiger partial charge in [-0.3, -0.25) is 27.2 Å². The molecule has 0 saturated heterocycles. The van der Waals surface area contributed by atoms with E-state index in [1.54, 1.807) is 0 Å². The van der Waals surface area contributed by atoms with E-state index in [-0.39, 0.29) is 16.5 Å². The second-order valence-electron chi connectivity index (χ2n) is 0. The summed E-state index contributed by atoms with van der Waals surface area (Å²) in [5, 5.41) is 0. The van der Waals surface area contributed by atoms with E-state index in [0.29, 0.717) is 0 Å². The fourth-order valence-corrected chi connectivity index (χ4v) is 0. The molecule has 0 fully saturated rings. The SMILES string of the molecule is C=O.[CH-]=O.[CH-]=O.[CH-]=O.[CH-]=O.[Ni]. The summed E-state index contributed by atoms with van der Waals surface area (Å²) in [6, 6.07) is 0. The third-order valence-electron chi connectivity index (χ3n) is 0. The van der Waals surface area contributed by atoms with Crippen LogP contribution >= 0.6 is 0 Å². The van der Waals surface area contributed by atoms with E-state index in [2.05, 4.69) is 27.2 Å². The largest absolute Gasteiger partial charge is 0.545 e. The van der Waals surface area contributed by atoms with Crippen molar-refractivity contribution in [2.45, 2.75) is 0 Å². The number of hydrogen-bond acceptors (Lipinski definition) is 5. The van der Waals surface area contributed by atoms with Crippen LogP contribution in [0.25, 0.3) is 0 Å². The topological polar surface area (TPSA) is 85.3 Å². The minimum absolute atomic E-state index is 0. The zero-order chi connectivity index (χ0) is 10.0. The first-order valence-corrected chi connectivity index (χ1v) is 1.23. The standard InChI is InChI=1S/CH2O.4CHO.Ni/c5*1-2;/h1H2;4*1H;/q;4*-1;. The summed E-state index contributed by atoms with van der Waals surface area (Å²) in [6.45, 7) is 15.0. The Kier molecular flexibility index (Phi) is 1930. The van der Waals surface area contributed by atoms with Crippen molar-refractivity contribution >= 4 is 33.9 Å². The Bertz CT molecular complexity index is 26.4. The summed E-state index contributed by atoms with van der Waals surface area (Å²) >= 11 is 0. The fraction of sp³-hybridized carbons (Fsp3) is 0. The van der Waals surface area contributed by atoms with Crippen molar-refractivity contribution in [1.29, 1.82) is 0 Å². The maximum Gasteiger partial charge on any atom is 0.106 e. The Morgan fingerprint density at radius 1 is 0.545 bits per heavy atom. The van der Waals surface area contributed by atoms with E-state index in [4.69, 9.17) is 24.0 Å². The number of rotatable bonds is 0. The maximum absolute atomic E-state index is 8.00. The Morgan fingerprint density at radius 2 is 0.545 bits per heavy atom. The van der Waals surface area contributed by atoms with Gasteiger partial charge in [0, 0.05) is 16.5 Å². The Labute approximate surface area is 75.1 Å². The van der Waals surface area contributed by atoms with Gasteiger partial charge < -0.3 is 24.0 Å². The molecule has 0 rings (SSSR count). The summed E-state index contributed by atoms with van der Waals surface area (Å²) < 4.78 is 0. The van der Waals surface area contributed by atoms with Crippen molar-refractivity contribution in [3.05, 3.63) is 0 Å². The molecule has 0 spiro atoms. The van der Waals surface area contributed by atoms with Gasteiger partial charge in [0.15, 0.2) is 0 Å². The van der Waals surface area contributed by atoms with Crippen LogP contribution in [-0.2, 0) is 40.5 Å². The zero-order valence-electron chi connectivity index (χ0n) is 5.37. The van der Waals surface area contributed by atoms with Gasteiger partial charge in [0.1, 0.15) is 6.79 Å². The normalized spacial score (nSPS) is 1.82. The Morgan fingerprint density at radius 3 is 0.545 bits per heavy atom. The van der Waals surface area contributed by atoms with Gasteiger partial charge in [-0.05, 0) is 0 Å². The molecule has 0 heterocycles. The van der Waals surface area contributed by atoms with Gasteiger partial charge in [-0.2, -0.15) is 0 Å². The first-order valence-electron chi connectivity index (χ1n) is 1.23. The smallest absolute Gasteiger partial charge is 0.106 e. The van der Waals surface area contributed by atoms with E-state index in [0.717, 1.165) is 0 Å². The van der Waals surface area contributed by atoms with Crippen molar-refractivity contribution in [3.63, 3.8) is 0 Å². The summed E-state index contributed by atoms with van der Waals surface area (Å²) in [5.74, 6) is 0. The molecule has 0 aromatic heterocycles. The first kappa shape index (κ1) is 52.1. The second-order valence-corrected chi connectivity index (χ2v) is 0. The molecule has 0 aliphatic heterocycles. The van der Waals surface area contributed by atoms with E-state index >= 15 is 0 Å². The van der Waals surface area contributed by atoms with Crippen molar-refractivity contribution in [3.8, 4) is 0 Å². The summed E-state index contributed by atoms with van der Waals surface area (Å²) in [7, 11) is 0. The average Bonchev–Trinajstić information content (AvgIpc) is 2.20. The number of hydrogen-bond donors (Lipinski definition) is 0. The second kappa shape index (κ2) is 407. The van der Waals surface area contributed by atoms with Crippen molar-refractivity contribution in [2.75, 3.05) is 0 Å². The third kappa shape index (κ3) is 310. The van der Waals surface area contributed by atoms with Gasteiger partial charge in [0.25, 0.3) is 0 Å². The molecule has 70 valence electrons. The molecular formula is C5H6NiO5-4. The van der Waals surface area contributed by atoms with Gasteiger partial charge >= 0.3 is 0 Å². The molecule has 5 nitrogen and oxygen atoms in total. The van der Waals surface area contributed by atoms with Crippen LogP contribution in [0.1, 0.15) is 0 Å².